The molecule has 2 aromatic rings. The highest BCUT2D eigenvalue weighted by molar-refractivity contribution is 6.39. The molecule has 1 saturated heterocycles. The number of barbiturate groups is 1. The molecule has 2 heterocycles. The van der Waals surface area contributed by atoms with Crippen LogP contribution in [0.2, 0.25) is 0 Å². The summed E-state index contributed by atoms with van der Waals surface area (Å²) in [4.78, 5) is 38.8. The van der Waals surface area contributed by atoms with Gasteiger partial charge in [0.2, 0.25) is 0 Å². The van der Waals surface area contributed by atoms with E-state index in [-0.39, 0.29) is 23.1 Å². The van der Waals surface area contributed by atoms with Crippen molar-refractivity contribution in [1.82, 2.24) is 9.88 Å². The molecule has 0 atom stereocenters. The lowest BCUT2D eigenvalue weighted by atomic mass is 10.1. The molecule has 0 aliphatic carbocycles. The monoisotopic (exact) mass is 397 g/mol. The van der Waals surface area contributed by atoms with Gasteiger partial charge >= 0.3 is 6.03 Å². The number of hydrogen-bond donors (Lipinski definition) is 1. The van der Waals surface area contributed by atoms with Crippen LogP contribution < -0.4 is 19.7 Å². The summed E-state index contributed by atoms with van der Waals surface area (Å²) >= 11 is 0. The van der Waals surface area contributed by atoms with Gasteiger partial charge in [-0.3, -0.25) is 14.9 Å². The molecule has 1 aliphatic rings. The Morgan fingerprint density at radius 1 is 1.07 bits per heavy atom. The first-order valence-electron chi connectivity index (χ1n) is 9.08. The maximum atomic E-state index is 13.1. The normalized spacial score (nSPS) is 15.9. The Kier molecular flexibility index (Phi) is 5.45. The van der Waals surface area contributed by atoms with Crippen LogP contribution in [0.25, 0.3) is 6.08 Å². The van der Waals surface area contributed by atoms with Gasteiger partial charge in [0.1, 0.15) is 17.1 Å². The number of aromatic nitrogens is 1. The van der Waals surface area contributed by atoms with E-state index < -0.39 is 17.8 Å². The lowest BCUT2D eigenvalue weighted by Gasteiger charge is -2.27. The fourth-order valence-electron chi connectivity index (χ4n) is 3.26. The van der Waals surface area contributed by atoms with Crippen LogP contribution in [0.3, 0.4) is 0 Å². The largest absolute Gasteiger partial charge is 0.497 e. The van der Waals surface area contributed by atoms with E-state index in [9.17, 15) is 14.4 Å². The van der Waals surface area contributed by atoms with Gasteiger partial charge in [0.15, 0.2) is 0 Å². The number of ether oxygens (including phenoxy) is 2. The van der Waals surface area contributed by atoms with Crippen molar-refractivity contribution in [3.63, 3.8) is 0 Å². The van der Waals surface area contributed by atoms with Crippen molar-refractivity contribution >= 4 is 29.6 Å². The lowest BCUT2D eigenvalue weighted by molar-refractivity contribution is -0.122. The Morgan fingerprint density at radius 3 is 2.38 bits per heavy atom. The van der Waals surface area contributed by atoms with Crippen LogP contribution in [-0.4, -0.2) is 36.6 Å². The summed E-state index contributed by atoms with van der Waals surface area (Å²) in [7, 11) is 2.92. The van der Waals surface area contributed by atoms with Gasteiger partial charge in [-0.25, -0.2) is 9.69 Å². The molecule has 152 valence electrons. The number of carbonyl (C=O) groups excluding carboxylic acids is 3. The van der Waals surface area contributed by atoms with E-state index in [2.05, 4.69) is 5.32 Å². The number of methoxy groups -OCH3 is 2. The zero-order valence-electron chi connectivity index (χ0n) is 17.0. The summed E-state index contributed by atoms with van der Waals surface area (Å²) in [6.45, 7) is 6.03. The minimum Gasteiger partial charge on any atom is -0.497 e. The number of aryl methyl sites for hydroxylation is 1. The van der Waals surface area contributed by atoms with Crippen molar-refractivity contribution in [3.8, 4) is 11.5 Å². The smallest absolute Gasteiger partial charge is 0.336 e. The van der Waals surface area contributed by atoms with E-state index in [1.54, 1.807) is 12.1 Å². The van der Waals surface area contributed by atoms with Gasteiger partial charge in [0.25, 0.3) is 11.8 Å². The highest BCUT2D eigenvalue weighted by Gasteiger charge is 2.38. The Labute approximate surface area is 168 Å². The molecule has 0 spiro atoms. The van der Waals surface area contributed by atoms with Crippen LogP contribution in [0.15, 0.2) is 36.0 Å². The third kappa shape index (κ3) is 3.73. The third-order valence-corrected chi connectivity index (χ3v) is 4.67. The Morgan fingerprint density at radius 2 is 1.79 bits per heavy atom. The molecule has 3 rings (SSSR count). The fourth-order valence-corrected chi connectivity index (χ4v) is 3.26. The van der Waals surface area contributed by atoms with Gasteiger partial charge in [-0.15, -0.1) is 0 Å². The third-order valence-electron chi connectivity index (χ3n) is 4.67. The van der Waals surface area contributed by atoms with Crippen LogP contribution in [0.1, 0.15) is 31.1 Å². The molecule has 4 amide bonds. The lowest BCUT2D eigenvalue weighted by Crippen LogP contribution is -2.54. The summed E-state index contributed by atoms with van der Waals surface area (Å²) < 4.78 is 12.5. The predicted octanol–water partition coefficient (Wildman–Crippen LogP) is 3.06. The van der Waals surface area contributed by atoms with E-state index >= 15 is 0 Å². The van der Waals surface area contributed by atoms with Crippen LogP contribution in [0.5, 0.6) is 11.5 Å². The van der Waals surface area contributed by atoms with E-state index in [0.29, 0.717) is 11.3 Å². The Bertz CT molecular complexity index is 1020. The number of imide groups is 2. The number of nitrogens with zero attached hydrogens (tertiary/aromatic N) is 2. The Hall–Kier alpha value is -3.55. The SMILES string of the molecule is COc1ccc(N2C(=O)NC(=O)/C(=C/c3cc(C)n(C(C)C)c3)C2=O)c(OC)c1. The molecule has 8 nitrogen and oxygen atoms in total. The molecule has 8 heteroatoms. The van der Waals surface area contributed by atoms with Crippen molar-refractivity contribution in [2.24, 2.45) is 0 Å². The molecule has 0 unspecified atom stereocenters. The maximum Gasteiger partial charge on any atom is 0.336 e. The maximum absolute atomic E-state index is 13.1. The first-order valence-corrected chi connectivity index (χ1v) is 9.08. The molecule has 1 N–H and O–H groups in total. The van der Waals surface area contributed by atoms with Gasteiger partial charge in [-0.05, 0) is 50.6 Å². The number of urea groups is 1. The number of hydrogen-bond acceptors (Lipinski definition) is 5. The first-order chi connectivity index (χ1) is 13.8. The highest BCUT2D eigenvalue weighted by Crippen LogP contribution is 2.34. The summed E-state index contributed by atoms with van der Waals surface area (Å²) in [6, 6.07) is 5.97. The average molecular weight is 397 g/mol. The fraction of sp³-hybridized carbons (Fsp3) is 0.286. The van der Waals surface area contributed by atoms with Crippen molar-refractivity contribution in [1.29, 1.82) is 0 Å². The van der Waals surface area contributed by atoms with Gasteiger partial charge < -0.3 is 14.0 Å². The molecule has 0 bridgehead atoms. The van der Waals surface area contributed by atoms with E-state index in [1.165, 1.54) is 26.4 Å². The molecular weight excluding hydrogens is 374 g/mol. The molecule has 0 radical (unpaired) electrons. The number of amides is 4. The van der Waals surface area contributed by atoms with Crippen LogP contribution in [0.4, 0.5) is 10.5 Å². The van der Waals surface area contributed by atoms with Crippen molar-refractivity contribution in [3.05, 3.63) is 47.3 Å². The summed E-state index contributed by atoms with van der Waals surface area (Å²) in [5.74, 6) is -0.688. The predicted molar refractivity (Wildman–Crippen MR) is 108 cm³/mol. The molecule has 29 heavy (non-hydrogen) atoms. The molecule has 0 saturated carbocycles. The standard InChI is InChI=1S/C21H23N3O5/c1-12(2)23-11-14(8-13(23)3)9-16-19(25)22-21(27)24(20(16)26)17-7-6-15(28-4)10-18(17)29-5/h6-12H,1-5H3,(H,22,25,27)/b16-9-. The molecule has 1 fully saturated rings. The number of rotatable bonds is 5. The molecule has 1 aromatic heterocycles. The van der Waals surface area contributed by atoms with E-state index in [1.807, 2.05) is 37.6 Å². The van der Waals surface area contributed by atoms with Crippen LogP contribution in [-0.2, 0) is 9.59 Å². The van der Waals surface area contributed by atoms with Gasteiger partial charge in [0.05, 0.1) is 19.9 Å². The second-order valence-corrected chi connectivity index (χ2v) is 6.91. The zero-order valence-corrected chi connectivity index (χ0v) is 17.0. The second kappa shape index (κ2) is 7.83. The highest BCUT2D eigenvalue weighted by atomic mass is 16.5. The number of carbonyl (C=O) groups is 3. The average Bonchev–Trinajstić information content (AvgIpc) is 3.05. The quantitative estimate of drug-likeness (QED) is 0.619. The molecule has 1 aliphatic heterocycles. The summed E-state index contributed by atoms with van der Waals surface area (Å²) in [5, 5.41) is 2.22. The topological polar surface area (TPSA) is 89.9 Å². The minimum absolute atomic E-state index is 0.136. The van der Waals surface area contributed by atoms with E-state index in [0.717, 1.165) is 10.6 Å². The van der Waals surface area contributed by atoms with Crippen molar-refractivity contribution < 1.29 is 23.9 Å². The molecule has 1 aromatic carbocycles. The first kappa shape index (κ1) is 20.2. The van der Waals surface area contributed by atoms with Crippen LogP contribution >= 0.6 is 0 Å². The number of anilines is 1. The Balaban J connectivity index is 2.04. The van der Waals surface area contributed by atoms with Crippen LogP contribution in [0, 0.1) is 6.92 Å². The zero-order chi connectivity index (χ0) is 21.3. The minimum atomic E-state index is -0.837. The number of benzene rings is 1. The van der Waals surface area contributed by atoms with Crippen molar-refractivity contribution in [2.75, 3.05) is 19.1 Å². The van der Waals surface area contributed by atoms with Gasteiger partial charge in [0, 0.05) is 24.0 Å². The number of nitrogens with one attached hydrogen (secondary N) is 1. The van der Waals surface area contributed by atoms with Gasteiger partial charge in [-0.1, -0.05) is 0 Å². The molecular formula is C21H23N3O5. The van der Waals surface area contributed by atoms with Gasteiger partial charge in [-0.2, -0.15) is 0 Å². The second-order valence-electron chi connectivity index (χ2n) is 6.91. The van der Waals surface area contributed by atoms with E-state index in [4.69, 9.17) is 9.47 Å². The summed E-state index contributed by atoms with van der Waals surface area (Å²) in [6.07, 6.45) is 3.35. The summed E-state index contributed by atoms with van der Waals surface area (Å²) in [5.41, 5.74) is 1.78. The van der Waals surface area contributed by atoms with Crippen molar-refractivity contribution in [2.45, 2.75) is 26.8 Å².